The first-order chi connectivity index (χ1) is 16.0. The lowest BCUT2D eigenvalue weighted by Gasteiger charge is -2.29. The summed E-state index contributed by atoms with van der Waals surface area (Å²) in [5, 5.41) is 0.986. The molecule has 7 nitrogen and oxygen atoms in total. The van der Waals surface area contributed by atoms with Gasteiger partial charge in [-0.3, -0.25) is 0 Å². The number of benzene rings is 1. The third kappa shape index (κ3) is 5.39. The average Bonchev–Trinajstić information content (AvgIpc) is 3.26. The van der Waals surface area contributed by atoms with Crippen LogP contribution in [0, 0.1) is 5.82 Å². The number of piperidine rings is 1. The smallest absolute Gasteiger partial charge is 0.220 e. The van der Waals surface area contributed by atoms with Gasteiger partial charge in [0, 0.05) is 23.4 Å². The Hall–Kier alpha value is -2.43. The first-order valence-electron chi connectivity index (χ1n) is 11.3. The number of nitrogens with zero attached hydrogens (tertiary/aromatic N) is 4. The molecule has 33 heavy (non-hydrogen) atoms. The van der Waals surface area contributed by atoms with Crippen LogP contribution in [0.15, 0.2) is 30.5 Å². The van der Waals surface area contributed by atoms with Gasteiger partial charge >= 0.3 is 0 Å². The van der Waals surface area contributed by atoms with E-state index in [2.05, 4.69) is 26.5 Å². The van der Waals surface area contributed by atoms with Gasteiger partial charge in [0.2, 0.25) is 5.95 Å². The molecular weight excluding hydrogens is 459 g/mol. The van der Waals surface area contributed by atoms with Crippen molar-refractivity contribution in [1.29, 1.82) is 0 Å². The van der Waals surface area contributed by atoms with Gasteiger partial charge in [0.25, 0.3) is 0 Å². The quantitative estimate of drug-likeness (QED) is 0.478. The average molecular weight is 489 g/mol. The van der Waals surface area contributed by atoms with Gasteiger partial charge in [0.15, 0.2) is 5.82 Å². The number of halogens is 1. The maximum atomic E-state index is 15.6. The lowest BCUT2D eigenvalue weighted by Crippen LogP contribution is -2.32. The van der Waals surface area contributed by atoms with Crippen molar-refractivity contribution in [3.63, 3.8) is 0 Å². The molecular formula is C23H29FN6OS2. The highest BCUT2D eigenvalue weighted by Gasteiger charge is 2.27. The number of anilines is 2. The zero-order valence-corrected chi connectivity index (χ0v) is 20.5. The second-order valence-corrected chi connectivity index (χ2v) is 10.4. The van der Waals surface area contributed by atoms with Crippen LogP contribution in [0.3, 0.4) is 0 Å². The fourth-order valence-electron chi connectivity index (χ4n) is 4.02. The Bertz CT molecular complexity index is 1130. The summed E-state index contributed by atoms with van der Waals surface area (Å²) in [6.45, 7) is 7.22. The summed E-state index contributed by atoms with van der Waals surface area (Å²) in [7, 11) is -1.34. The second-order valence-electron chi connectivity index (χ2n) is 8.06. The van der Waals surface area contributed by atoms with Gasteiger partial charge in [-0.2, -0.15) is 0 Å². The van der Waals surface area contributed by atoms with E-state index in [9.17, 15) is 4.21 Å². The van der Waals surface area contributed by atoms with Gasteiger partial charge in [-0.15, -0.1) is 11.3 Å². The molecule has 1 aromatic carbocycles. The van der Waals surface area contributed by atoms with Gasteiger partial charge in [0.05, 0.1) is 27.0 Å². The Balaban J connectivity index is 1.76. The van der Waals surface area contributed by atoms with Crippen LogP contribution in [0.2, 0.25) is 0 Å². The van der Waals surface area contributed by atoms with E-state index in [1.165, 1.54) is 0 Å². The van der Waals surface area contributed by atoms with E-state index in [1.54, 1.807) is 41.8 Å². The maximum absolute atomic E-state index is 15.6. The molecule has 4 rings (SSSR count). The van der Waals surface area contributed by atoms with E-state index < -0.39 is 16.8 Å². The molecule has 1 aliphatic rings. The molecule has 0 spiro atoms. The Labute approximate surface area is 200 Å². The van der Waals surface area contributed by atoms with Crippen molar-refractivity contribution >= 4 is 34.0 Å². The number of hydrogen-bond acceptors (Lipinski definition) is 7. The zero-order valence-electron chi connectivity index (χ0n) is 18.9. The Morgan fingerprint density at radius 1 is 1.24 bits per heavy atom. The summed E-state index contributed by atoms with van der Waals surface area (Å²) < 4.78 is 30.6. The Morgan fingerprint density at radius 2 is 2.03 bits per heavy atom. The first kappa shape index (κ1) is 23.7. The molecule has 1 saturated heterocycles. The highest BCUT2D eigenvalue weighted by molar-refractivity contribution is 7.86. The lowest BCUT2D eigenvalue weighted by atomic mass is 9.97. The van der Waals surface area contributed by atoms with Gasteiger partial charge in [-0.25, -0.2) is 23.6 Å². The molecule has 3 heterocycles. The standard InChI is InChI=1S/C23H29FN6OS2/c1-3-14-33(31)29-17-7-5-6-16(19(17)24)20-21(18-8-11-26-23(25)27-18)32-22(28-20)15-9-12-30(4-2)13-10-15/h5-8,11,15,29H,3-4,9-10,12-14H2,1-2H3,(H2,25,26,27). The van der Waals surface area contributed by atoms with E-state index in [-0.39, 0.29) is 11.6 Å². The number of nitrogen functional groups attached to an aromatic ring is 1. The van der Waals surface area contributed by atoms with Gasteiger partial charge in [0.1, 0.15) is 11.0 Å². The number of nitrogens with one attached hydrogen (secondary N) is 1. The van der Waals surface area contributed by atoms with E-state index in [0.717, 1.165) is 48.8 Å². The molecule has 3 N–H and O–H groups in total. The monoisotopic (exact) mass is 488 g/mol. The third-order valence-electron chi connectivity index (χ3n) is 5.80. The summed E-state index contributed by atoms with van der Waals surface area (Å²) in [6.07, 6.45) is 4.38. The Morgan fingerprint density at radius 3 is 2.73 bits per heavy atom. The number of rotatable bonds is 8. The van der Waals surface area contributed by atoms with E-state index in [4.69, 9.17) is 10.7 Å². The highest BCUT2D eigenvalue weighted by Crippen LogP contribution is 2.42. The third-order valence-corrected chi connectivity index (χ3v) is 8.27. The number of likely N-dealkylation sites (tertiary alicyclic amines) is 1. The van der Waals surface area contributed by atoms with Crippen LogP contribution < -0.4 is 10.5 Å². The number of thiazole rings is 1. The predicted octanol–water partition coefficient (Wildman–Crippen LogP) is 4.67. The molecule has 2 aromatic heterocycles. The van der Waals surface area contributed by atoms with Crippen LogP contribution in [0.1, 0.15) is 44.0 Å². The fourth-order valence-corrected chi connectivity index (χ4v) is 6.11. The molecule has 10 heteroatoms. The minimum absolute atomic E-state index is 0.163. The van der Waals surface area contributed by atoms with Crippen molar-refractivity contribution in [2.24, 2.45) is 0 Å². The fraction of sp³-hybridized carbons (Fsp3) is 0.435. The summed E-state index contributed by atoms with van der Waals surface area (Å²) in [5.41, 5.74) is 7.56. The molecule has 0 aliphatic carbocycles. The SMILES string of the molecule is CCCS(=O)Nc1cccc(-c2nc(C3CCN(CC)CC3)sc2-c2ccnc(N)n2)c1F. The normalized spacial score (nSPS) is 16.1. The lowest BCUT2D eigenvalue weighted by molar-refractivity contribution is 0.222. The molecule has 1 fully saturated rings. The van der Waals surface area contributed by atoms with Crippen LogP contribution in [0.4, 0.5) is 16.0 Å². The molecule has 3 aromatic rings. The topological polar surface area (TPSA) is 97.0 Å². The number of nitrogens with two attached hydrogens (primary N) is 1. The van der Waals surface area contributed by atoms with Gasteiger partial charge < -0.3 is 15.4 Å². The van der Waals surface area contributed by atoms with Crippen LogP contribution in [-0.2, 0) is 11.0 Å². The minimum atomic E-state index is -1.34. The molecule has 1 aliphatic heterocycles. The van der Waals surface area contributed by atoms with Crippen molar-refractivity contribution in [2.75, 3.05) is 35.8 Å². The largest absolute Gasteiger partial charge is 0.368 e. The van der Waals surface area contributed by atoms with Crippen LogP contribution in [0.5, 0.6) is 0 Å². The molecule has 1 unspecified atom stereocenters. The number of aromatic nitrogens is 3. The van der Waals surface area contributed by atoms with Crippen molar-refractivity contribution < 1.29 is 8.60 Å². The predicted molar refractivity (Wildman–Crippen MR) is 134 cm³/mol. The molecule has 0 radical (unpaired) electrons. The Kier molecular flexibility index (Phi) is 7.67. The number of hydrogen-bond donors (Lipinski definition) is 2. The molecule has 0 saturated carbocycles. The molecule has 0 amide bonds. The second kappa shape index (κ2) is 10.7. The summed E-state index contributed by atoms with van der Waals surface area (Å²) in [5.74, 6) is 0.469. The van der Waals surface area contributed by atoms with E-state index >= 15 is 4.39 Å². The van der Waals surface area contributed by atoms with Crippen LogP contribution in [-0.4, -0.2) is 49.4 Å². The zero-order chi connectivity index (χ0) is 23.4. The highest BCUT2D eigenvalue weighted by atomic mass is 32.2. The van der Waals surface area contributed by atoms with Crippen LogP contribution in [0.25, 0.3) is 21.8 Å². The van der Waals surface area contributed by atoms with E-state index in [0.29, 0.717) is 28.6 Å². The summed E-state index contributed by atoms with van der Waals surface area (Å²) >= 11 is 1.55. The van der Waals surface area contributed by atoms with E-state index in [1.807, 2.05) is 6.92 Å². The summed E-state index contributed by atoms with van der Waals surface area (Å²) in [4.78, 5) is 16.5. The molecule has 0 bridgehead atoms. The van der Waals surface area contributed by atoms with Crippen molar-refractivity contribution in [2.45, 2.75) is 39.0 Å². The van der Waals surface area contributed by atoms with Crippen LogP contribution >= 0.6 is 11.3 Å². The molecule has 176 valence electrons. The van der Waals surface area contributed by atoms with Crippen molar-refractivity contribution in [3.8, 4) is 21.8 Å². The van der Waals surface area contributed by atoms with Crippen molar-refractivity contribution in [3.05, 3.63) is 41.3 Å². The summed E-state index contributed by atoms with van der Waals surface area (Å²) in [6, 6.07) is 6.83. The maximum Gasteiger partial charge on any atom is 0.220 e. The first-order valence-corrected chi connectivity index (χ1v) is 13.4. The van der Waals surface area contributed by atoms with Gasteiger partial charge in [-0.1, -0.05) is 19.9 Å². The molecule has 1 atom stereocenters. The van der Waals surface area contributed by atoms with Crippen molar-refractivity contribution in [1.82, 2.24) is 19.9 Å². The van der Waals surface area contributed by atoms with Gasteiger partial charge in [-0.05, 0) is 57.1 Å². The minimum Gasteiger partial charge on any atom is -0.368 e.